The van der Waals surface area contributed by atoms with Gasteiger partial charge in [-0.25, -0.2) is 19.6 Å². The minimum Gasteiger partial charge on any atom is -0.497 e. The molecule has 5 atom stereocenters. The van der Waals surface area contributed by atoms with Crippen molar-refractivity contribution in [2.45, 2.75) is 76.3 Å². The maximum atomic E-state index is 9.40. The summed E-state index contributed by atoms with van der Waals surface area (Å²) in [5.74, 6) is 1.43. The van der Waals surface area contributed by atoms with Gasteiger partial charge >= 0.3 is 0 Å². The molecule has 5 aromatic rings. The first kappa shape index (κ1) is 41.4. The number of ether oxygens (including phenoxy) is 5. The molecule has 1 saturated heterocycles. The van der Waals surface area contributed by atoms with E-state index in [2.05, 4.69) is 53.4 Å². The summed E-state index contributed by atoms with van der Waals surface area (Å²) < 4.78 is 49.1. The molecule has 13 nitrogen and oxygen atoms in total. The lowest BCUT2D eigenvalue weighted by molar-refractivity contribution is -0.0938. The number of methoxy groups -OCH3 is 3. The normalized spacial score (nSPS) is 19.2. The number of nitriles is 1. The molecular formula is C41H48ClN6O7P. The van der Waals surface area contributed by atoms with Gasteiger partial charge in [-0.05, 0) is 68.7 Å². The molecule has 1 fully saturated rings. The van der Waals surface area contributed by atoms with Crippen molar-refractivity contribution in [3.05, 3.63) is 113 Å². The van der Waals surface area contributed by atoms with Gasteiger partial charge in [0.2, 0.25) is 0 Å². The summed E-state index contributed by atoms with van der Waals surface area (Å²) in [6.45, 7) is 8.60. The molecule has 3 unspecified atom stereocenters. The molecular weight excluding hydrogens is 755 g/mol. The largest absolute Gasteiger partial charge is 0.497 e. The molecule has 15 heteroatoms. The lowest BCUT2D eigenvalue weighted by Crippen LogP contribution is -2.42. The van der Waals surface area contributed by atoms with E-state index >= 15 is 0 Å². The fraction of sp³-hybridized carbons (Fsp3) is 0.415. The number of hydrogen-bond donors (Lipinski definition) is 0. The van der Waals surface area contributed by atoms with Gasteiger partial charge in [-0.15, -0.1) is 0 Å². The summed E-state index contributed by atoms with van der Waals surface area (Å²) in [5, 5.41) is 9.62. The van der Waals surface area contributed by atoms with Crippen molar-refractivity contribution in [1.82, 2.24) is 24.2 Å². The summed E-state index contributed by atoms with van der Waals surface area (Å²) in [5.41, 5.74) is 2.40. The van der Waals surface area contributed by atoms with Gasteiger partial charge in [0.1, 0.15) is 47.3 Å². The van der Waals surface area contributed by atoms with Crippen molar-refractivity contribution in [2.75, 3.05) is 34.5 Å². The Bertz CT molecular complexity index is 1990. The Balaban J connectivity index is 1.48. The van der Waals surface area contributed by atoms with Crippen molar-refractivity contribution < 1.29 is 32.7 Å². The highest BCUT2D eigenvalue weighted by atomic mass is 35.5. The van der Waals surface area contributed by atoms with Crippen LogP contribution in [-0.4, -0.2) is 89.1 Å². The second-order valence-corrected chi connectivity index (χ2v) is 15.5. The van der Waals surface area contributed by atoms with Crippen LogP contribution < -0.4 is 9.47 Å². The lowest BCUT2D eigenvalue weighted by atomic mass is 9.80. The molecule has 0 radical (unpaired) electrons. The Hall–Kier alpha value is -4.22. The van der Waals surface area contributed by atoms with Crippen molar-refractivity contribution in [2.24, 2.45) is 0 Å². The highest BCUT2D eigenvalue weighted by Gasteiger charge is 2.51. The second-order valence-electron chi connectivity index (χ2n) is 13.7. The zero-order valence-corrected chi connectivity index (χ0v) is 34.3. The standard InChI is InChI=1S/C41H48ClN6O7P/c1-27(2)48(28(3)4)56(53-23-11-22-43)55-36-34(54-40(37(36)51-7)47-26-46-35-38(42)44-25-45-39(35)47)24-52-41(29-12-9-8-10-13-29,30-14-18-32(49-5)19-15-30)31-16-20-33(50-6)21-17-31/h8-10,12-21,25-28,34,36-37,40H,11,23-24H2,1-7H3/t34-,36?,37?,40-,56?/m1/s1. The summed E-state index contributed by atoms with van der Waals surface area (Å²) in [7, 11) is 3.18. The Morgan fingerprint density at radius 2 is 1.46 bits per heavy atom. The first-order chi connectivity index (χ1) is 27.2. The third-order valence-corrected chi connectivity index (χ3v) is 12.1. The number of imidazole rings is 1. The predicted molar refractivity (Wildman–Crippen MR) is 213 cm³/mol. The van der Waals surface area contributed by atoms with Crippen molar-refractivity contribution in [1.29, 1.82) is 5.26 Å². The third kappa shape index (κ3) is 8.54. The average Bonchev–Trinajstić information content (AvgIpc) is 3.80. The summed E-state index contributed by atoms with van der Waals surface area (Å²) >= 11 is 6.44. The number of benzene rings is 3. The smallest absolute Gasteiger partial charge is 0.259 e. The van der Waals surface area contributed by atoms with Gasteiger partial charge < -0.3 is 32.7 Å². The topological polar surface area (TPSA) is 135 Å². The van der Waals surface area contributed by atoms with Crippen LogP contribution in [0, 0.1) is 11.3 Å². The van der Waals surface area contributed by atoms with Crippen LogP contribution >= 0.6 is 20.1 Å². The van der Waals surface area contributed by atoms with Crippen LogP contribution in [0.5, 0.6) is 11.5 Å². The monoisotopic (exact) mass is 802 g/mol. The molecule has 6 rings (SSSR count). The van der Waals surface area contributed by atoms with Crippen LogP contribution in [0.3, 0.4) is 0 Å². The maximum Gasteiger partial charge on any atom is 0.259 e. The molecule has 2 aromatic heterocycles. The van der Waals surface area contributed by atoms with Gasteiger partial charge in [-0.2, -0.15) is 5.26 Å². The number of rotatable bonds is 18. The lowest BCUT2D eigenvalue weighted by Gasteiger charge is -2.39. The minimum atomic E-state index is -1.72. The Morgan fingerprint density at radius 1 is 0.857 bits per heavy atom. The van der Waals surface area contributed by atoms with Gasteiger partial charge in [0.25, 0.3) is 8.53 Å². The molecule has 0 aliphatic carbocycles. The van der Waals surface area contributed by atoms with Crippen molar-refractivity contribution in [3.8, 4) is 17.6 Å². The van der Waals surface area contributed by atoms with E-state index in [4.69, 9.17) is 44.3 Å². The highest BCUT2D eigenvalue weighted by Crippen LogP contribution is 2.51. The maximum absolute atomic E-state index is 9.40. The van der Waals surface area contributed by atoms with E-state index < -0.39 is 38.7 Å². The molecule has 3 heterocycles. The van der Waals surface area contributed by atoms with E-state index in [1.165, 1.54) is 6.33 Å². The van der Waals surface area contributed by atoms with E-state index in [1.54, 1.807) is 32.2 Å². The minimum absolute atomic E-state index is 0.0427. The van der Waals surface area contributed by atoms with Crippen LogP contribution in [0.15, 0.2) is 91.5 Å². The fourth-order valence-corrected chi connectivity index (χ4v) is 9.08. The molecule has 0 spiro atoms. The SMILES string of the molecule is COc1ccc(C(OC[C@H]2O[C@@H](n3cnc4c(Cl)ncnc43)C(OC)C2OP(OCCC#N)N(C(C)C)C(C)C)(c2ccccc2)c2ccc(OC)cc2)cc1. The van der Waals surface area contributed by atoms with Crippen molar-refractivity contribution in [3.63, 3.8) is 0 Å². The Morgan fingerprint density at radius 3 is 2.02 bits per heavy atom. The van der Waals surface area contributed by atoms with E-state index in [9.17, 15) is 5.26 Å². The molecule has 0 bridgehead atoms. The molecule has 1 aliphatic heterocycles. The van der Waals surface area contributed by atoms with Crippen LogP contribution in [0.1, 0.15) is 57.0 Å². The van der Waals surface area contributed by atoms with Crippen LogP contribution in [0.2, 0.25) is 5.15 Å². The number of nitrogens with zero attached hydrogens (tertiary/aromatic N) is 6. The van der Waals surface area contributed by atoms with Crippen LogP contribution in [0.25, 0.3) is 11.2 Å². The third-order valence-electron chi connectivity index (χ3n) is 9.66. The molecule has 0 amide bonds. The van der Waals surface area contributed by atoms with E-state index in [1.807, 2.05) is 78.9 Å². The van der Waals surface area contributed by atoms with Gasteiger partial charge in [0.05, 0.1) is 46.3 Å². The summed E-state index contributed by atoms with van der Waals surface area (Å²) in [6, 6.07) is 28.1. The summed E-state index contributed by atoms with van der Waals surface area (Å²) in [6.07, 6.45) is 0.321. The highest BCUT2D eigenvalue weighted by molar-refractivity contribution is 7.44. The molecule has 296 valence electrons. The molecule has 1 aliphatic rings. The molecule has 3 aromatic carbocycles. The molecule has 0 N–H and O–H groups in total. The fourth-order valence-electron chi connectivity index (χ4n) is 7.13. The Labute approximate surface area is 334 Å². The molecule has 0 saturated carbocycles. The van der Waals surface area contributed by atoms with Crippen molar-refractivity contribution >= 4 is 31.3 Å². The van der Waals surface area contributed by atoms with E-state index in [-0.39, 0.29) is 36.9 Å². The second kappa shape index (κ2) is 18.8. The number of fused-ring (bicyclic) bond motifs is 1. The first-order valence-electron chi connectivity index (χ1n) is 18.4. The van der Waals surface area contributed by atoms with Gasteiger partial charge in [-0.1, -0.05) is 66.2 Å². The van der Waals surface area contributed by atoms with Gasteiger partial charge in [0, 0.05) is 19.2 Å². The average molecular weight is 803 g/mol. The first-order valence-corrected chi connectivity index (χ1v) is 19.9. The van der Waals surface area contributed by atoms with Gasteiger partial charge in [0.15, 0.2) is 17.0 Å². The van der Waals surface area contributed by atoms with E-state index in [0.717, 1.165) is 16.7 Å². The number of hydrogen-bond acceptors (Lipinski definition) is 12. The summed E-state index contributed by atoms with van der Waals surface area (Å²) in [4.78, 5) is 13.1. The number of aromatic nitrogens is 4. The zero-order valence-electron chi connectivity index (χ0n) is 32.6. The van der Waals surface area contributed by atoms with E-state index in [0.29, 0.717) is 22.7 Å². The predicted octanol–water partition coefficient (Wildman–Crippen LogP) is 8.08. The quantitative estimate of drug-likeness (QED) is 0.0367. The zero-order chi connectivity index (χ0) is 39.8. The van der Waals surface area contributed by atoms with Crippen LogP contribution in [-0.2, 0) is 28.9 Å². The Kier molecular flexibility index (Phi) is 13.9. The van der Waals surface area contributed by atoms with Crippen LogP contribution in [0.4, 0.5) is 0 Å². The van der Waals surface area contributed by atoms with Gasteiger partial charge in [-0.3, -0.25) is 4.57 Å². The number of halogens is 1. The molecule has 56 heavy (non-hydrogen) atoms.